The first-order chi connectivity index (χ1) is 10.7. The molecule has 3 atom stereocenters. The highest BCUT2D eigenvalue weighted by atomic mass is 16.5. The predicted octanol–water partition coefficient (Wildman–Crippen LogP) is 1.63. The molecule has 6 heteroatoms. The number of likely N-dealkylation sites (tertiary alicyclic amines) is 1. The molecule has 1 aromatic rings. The molecule has 2 saturated heterocycles. The largest absolute Gasteiger partial charge is 0.376 e. The lowest BCUT2D eigenvalue weighted by molar-refractivity contribution is -0.146. The van der Waals surface area contributed by atoms with Crippen molar-refractivity contribution in [2.75, 3.05) is 26.3 Å². The molecule has 22 heavy (non-hydrogen) atoms. The van der Waals surface area contributed by atoms with Crippen molar-refractivity contribution in [3.05, 3.63) is 18.7 Å². The summed E-state index contributed by atoms with van der Waals surface area (Å²) < 4.78 is 13.4. The van der Waals surface area contributed by atoms with E-state index in [1.165, 1.54) is 0 Å². The van der Waals surface area contributed by atoms with Gasteiger partial charge in [-0.15, -0.1) is 0 Å². The van der Waals surface area contributed by atoms with Crippen LogP contribution in [0.3, 0.4) is 0 Å². The van der Waals surface area contributed by atoms with Gasteiger partial charge in [-0.3, -0.25) is 4.79 Å². The highest BCUT2D eigenvalue weighted by Crippen LogP contribution is 2.22. The number of aromatic nitrogens is 2. The molecule has 3 heterocycles. The highest BCUT2D eigenvalue weighted by molar-refractivity contribution is 5.80. The lowest BCUT2D eigenvalue weighted by Gasteiger charge is -2.34. The molecular weight excluding hydrogens is 282 g/mol. The second-order valence-electron chi connectivity index (χ2n) is 6.20. The minimum absolute atomic E-state index is 0.0859. The van der Waals surface area contributed by atoms with E-state index in [0.29, 0.717) is 12.6 Å². The molecule has 6 nitrogen and oxygen atoms in total. The Kier molecular flexibility index (Phi) is 5.10. The van der Waals surface area contributed by atoms with Gasteiger partial charge in [-0.1, -0.05) is 0 Å². The van der Waals surface area contributed by atoms with Crippen molar-refractivity contribution >= 4 is 5.91 Å². The van der Waals surface area contributed by atoms with Gasteiger partial charge in [0.1, 0.15) is 6.10 Å². The Morgan fingerprint density at radius 3 is 3.09 bits per heavy atom. The molecular formula is C16H25N3O3. The second kappa shape index (κ2) is 7.24. The van der Waals surface area contributed by atoms with Crippen LogP contribution >= 0.6 is 0 Å². The van der Waals surface area contributed by atoms with Crippen LogP contribution in [0.2, 0.25) is 0 Å². The van der Waals surface area contributed by atoms with Gasteiger partial charge in [-0.05, 0) is 32.6 Å². The molecule has 1 amide bonds. The third kappa shape index (κ3) is 3.67. The van der Waals surface area contributed by atoms with Crippen molar-refractivity contribution in [3.8, 4) is 0 Å². The third-order valence-electron chi connectivity index (χ3n) is 4.56. The molecule has 122 valence electrons. The summed E-state index contributed by atoms with van der Waals surface area (Å²) in [5, 5.41) is 0. The third-order valence-corrected chi connectivity index (χ3v) is 4.56. The van der Waals surface area contributed by atoms with Crippen LogP contribution < -0.4 is 0 Å². The highest BCUT2D eigenvalue weighted by Gasteiger charge is 2.28. The molecule has 0 spiro atoms. The monoisotopic (exact) mass is 307 g/mol. The molecule has 0 unspecified atom stereocenters. The summed E-state index contributed by atoms with van der Waals surface area (Å²) in [5.41, 5.74) is 0. The van der Waals surface area contributed by atoms with E-state index in [4.69, 9.17) is 9.47 Å². The van der Waals surface area contributed by atoms with E-state index < -0.39 is 6.10 Å². The lowest BCUT2D eigenvalue weighted by atomic mass is 10.0. The number of hydrogen-bond acceptors (Lipinski definition) is 4. The number of amides is 1. The van der Waals surface area contributed by atoms with Crippen LogP contribution in [0.1, 0.15) is 38.6 Å². The number of rotatable bonds is 5. The zero-order valence-corrected chi connectivity index (χ0v) is 13.2. The molecule has 3 rings (SSSR count). The number of nitrogens with zero attached hydrogens (tertiary/aromatic N) is 3. The van der Waals surface area contributed by atoms with Crippen LogP contribution in [0.25, 0.3) is 0 Å². The van der Waals surface area contributed by atoms with Crippen molar-refractivity contribution in [2.45, 2.75) is 50.9 Å². The number of ether oxygens (including phenoxy) is 2. The molecule has 2 aliphatic heterocycles. The van der Waals surface area contributed by atoms with Gasteiger partial charge in [0.25, 0.3) is 5.91 Å². The van der Waals surface area contributed by atoms with Gasteiger partial charge in [0.15, 0.2) is 0 Å². The quantitative estimate of drug-likeness (QED) is 0.829. The van der Waals surface area contributed by atoms with E-state index in [2.05, 4.69) is 9.55 Å². The maximum atomic E-state index is 12.6. The van der Waals surface area contributed by atoms with Gasteiger partial charge < -0.3 is 18.9 Å². The SMILES string of the molecule is C[C@H](OC[C@@H]1CCCO1)C(=O)N1CCC[C@@H](n2ccnc2)C1. The first-order valence-electron chi connectivity index (χ1n) is 8.23. The first kappa shape index (κ1) is 15.5. The van der Waals surface area contributed by atoms with E-state index in [1.807, 2.05) is 24.3 Å². The Balaban J connectivity index is 1.50. The fourth-order valence-corrected chi connectivity index (χ4v) is 3.24. The summed E-state index contributed by atoms with van der Waals surface area (Å²) in [7, 11) is 0. The summed E-state index contributed by atoms with van der Waals surface area (Å²) in [6.07, 6.45) is 9.59. The van der Waals surface area contributed by atoms with E-state index >= 15 is 0 Å². The van der Waals surface area contributed by atoms with Crippen molar-refractivity contribution in [1.29, 1.82) is 0 Å². The van der Waals surface area contributed by atoms with E-state index in [9.17, 15) is 4.79 Å². The maximum Gasteiger partial charge on any atom is 0.251 e. The predicted molar refractivity (Wildman–Crippen MR) is 81.5 cm³/mol. The maximum absolute atomic E-state index is 12.6. The number of imidazole rings is 1. The van der Waals surface area contributed by atoms with Crippen LogP contribution in [0, 0.1) is 0 Å². The fourth-order valence-electron chi connectivity index (χ4n) is 3.24. The molecule has 0 bridgehead atoms. The standard InChI is InChI=1S/C16H25N3O3/c1-13(22-11-15-5-3-9-21-15)16(20)18-7-2-4-14(10-18)19-8-6-17-12-19/h6,8,12-15H,2-5,7,9-11H2,1H3/t13-,14+,15-/m0/s1. The van der Waals surface area contributed by atoms with Crippen LogP contribution in [0.5, 0.6) is 0 Å². The summed E-state index contributed by atoms with van der Waals surface area (Å²) in [5.74, 6) is 0.0859. The number of hydrogen-bond donors (Lipinski definition) is 0. The summed E-state index contributed by atoms with van der Waals surface area (Å²) in [6.45, 7) is 4.74. The number of carbonyl (C=O) groups is 1. The Morgan fingerprint density at radius 2 is 2.36 bits per heavy atom. The van der Waals surface area contributed by atoms with Gasteiger partial charge in [-0.2, -0.15) is 0 Å². The average molecular weight is 307 g/mol. The fraction of sp³-hybridized carbons (Fsp3) is 0.750. The molecule has 1 aromatic heterocycles. The van der Waals surface area contributed by atoms with E-state index in [0.717, 1.165) is 45.4 Å². The van der Waals surface area contributed by atoms with Gasteiger partial charge in [0.2, 0.25) is 0 Å². The zero-order chi connectivity index (χ0) is 15.4. The van der Waals surface area contributed by atoms with Crippen LogP contribution in [-0.2, 0) is 14.3 Å². The Morgan fingerprint density at radius 1 is 1.45 bits per heavy atom. The molecule has 0 radical (unpaired) electrons. The van der Waals surface area contributed by atoms with E-state index in [1.54, 1.807) is 6.20 Å². The Bertz CT molecular complexity index is 471. The summed E-state index contributed by atoms with van der Waals surface area (Å²) in [6, 6.07) is 0.325. The Hall–Kier alpha value is -1.40. The van der Waals surface area contributed by atoms with Gasteiger partial charge in [-0.25, -0.2) is 4.98 Å². The zero-order valence-electron chi connectivity index (χ0n) is 13.2. The van der Waals surface area contributed by atoms with Crippen molar-refractivity contribution in [1.82, 2.24) is 14.5 Å². The van der Waals surface area contributed by atoms with Crippen molar-refractivity contribution < 1.29 is 14.3 Å². The minimum Gasteiger partial charge on any atom is -0.376 e. The molecule has 0 aliphatic carbocycles. The molecule has 2 aliphatic rings. The molecule has 0 aromatic carbocycles. The average Bonchev–Trinajstić information content (AvgIpc) is 3.25. The number of carbonyl (C=O) groups excluding carboxylic acids is 1. The number of piperidine rings is 1. The second-order valence-corrected chi connectivity index (χ2v) is 6.20. The van der Waals surface area contributed by atoms with Crippen LogP contribution in [-0.4, -0.2) is 58.9 Å². The van der Waals surface area contributed by atoms with Gasteiger partial charge in [0.05, 0.1) is 25.1 Å². The van der Waals surface area contributed by atoms with Crippen molar-refractivity contribution in [2.24, 2.45) is 0 Å². The summed E-state index contributed by atoms with van der Waals surface area (Å²) >= 11 is 0. The topological polar surface area (TPSA) is 56.6 Å². The minimum atomic E-state index is -0.397. The molecule has 0 N–H and O–H groups in total. The van der Waals surface area contributed by atoms with Crippen LogP contribution in [0.4, 0.5) is 0 Å². The lowest BCUT2D eigenvalue weighted by Crippen LogP contribution is -2.45. The molecule has 2 fully saturated rings. The normalized spacial score (nSPS) is 27.0. The van der Waals surface area contributed by atoms with Crippen molar-refractivity contribution in [3.63, 3.8) is 0 Å². The first-order valence-corrected chi connectivity index (χ1v) is 8.23. The Labute approximate surface area is 131 Å². The molecule has 0 saturated carbocycles. The van der Waals surface area contributed by atoms with Gasteiger partial charge in [0, 0.05) is 32.1 Å². The summed E-state index contributed by atoms with van der Waals surface area (Å²) in [4.78, 5) is 18.6. The smallest absolute Gasteiger partial charge is 0.251 e. The van der Waals surface area contributed by atoms with Gasteiger partial charge >= 0.3 is 0 Å². The van der Waals surface area contributed by atoms with E-state index in [-0.39, 0.29) is 12.0 Å². The van der Waals surface area contributed by atoms with Crippen LogP contribution in [0.15, 0.2) is 18.7 Å².